The third-order valence-corrected chi connectivity index (χ3v) is 7.14. The van der Waals surface area contributed by atoms with Crippen molar-refractivity contribution in [2.75, 3.05) is 5.75 Å². The van der Waals surface area contributed by atoms with Crippen LogP contribution in [0.4, 0.5) is 0 Å². The Hall–Kier alpha value is -1.98. The molecule has 6 heteroatoms. The van der Waals surface area contributed by atoms with Gasteiger partial charge in [0.1, 0.15) is 5.37 Å². The minimum Gasteiger partial charge on any atom is -0.349 e. The van der Waals surface area contributed by atoms with Crippen LogP contribution in [0.5, 0.6) is 0 Å². The standard InChI is InChI=1S/C23H25ClN2O2S/c24-19-12-6-16(7-13-19)14-26-21(27)15-29-23(26)18-10-8-17(9-11-18)22(28)25-20-4-2-1-3-5-20/h6-13,20,23H,1-5,14-15H2,(H,25,28)/t23-/m0/s1. The highest BCUT2D eigenvalue weighted by molar-refractivity contribution is 8.00. The van der Waals surface area contributed by atoms with E-state index in [4.69, 9.17) is 11.6 Å². The Morgan fingerprint density at radius 2 is 1.72 bits per heavy atom. The van der Waals surface area contributed by atoms with E-state index in [0.717, 1.165) is 24.0 Å². The Kier molecular flexibility index (Phi) is 6.46. The summed E-state index contributed by atoms with van der Waals surface area (Å²) in [6.07, 6.45) is 5.81. The summed E-state index contributed by atoms with van der Waals surface area (Å²) in [6, 6.07) is 15.6. The SMILES string of the molecule is O=C(NC1CCCCC1)c1ccc([C@@H]2SCC(=O)N2Cc2ccc(Cl)cc2)cc1. The van der Waals surface area contributed by atoms with E-state index in [-0.39, 0.29) is 17.2 Å². The highest BCUT2D eigenvalue weighted by Gasteiger charge is 2.32. The van der Waals surface area contributed by atoms with Gasteiger partial charge in [0.2, 0.25) is 5.91 Å². The third-order valence-electron chi connectivity index (χ3n) is 5.63. The quantitative estimate of drug-likeness (QED) is 0.714. The van der Waals surface area contributed by atoms with Gasteiger partial charge in [0.15, 0.2) is 0 Å². The van der Waals surface area contributed by atoms with E-state index >= 15 is 0 Å². The van der Waals surface area contributed by atoms with Gasteiger partial charge in [-0.1, -0.05) is 55.1 Å². The molecule has 0 unspecified atom stereocenters. The van der Waals surface area contributed by atoms with E-state index in [9.17, 15) is 9.59 Å². The number of nitrogens with one attached hydrogen (secondary N) is 1. The van der Waals surface area contributed by atoms with Gasteiger partial charge in [0, 0.05) is 23.2 Å². The fourth-order valence-corrected chi connectivity index (χ4v) is 5.32. The molecule has 0 spiro atoms. The summed E-state index contributed by atoms with van der Waals surface area (Å²) in [4.78, 5) is 26.9. The first-order valence-corrected chi connectivity index (χ1v) is 11.6. The Morgan fingerprint density at radius 1 is 1.03 bits per heavy atom. The molecule has 0 bridgehead atoms. The van der Waals surface area contributed by atoms with Gasteiger partial charge in [-0.05, 0) is 48.2 Å². The van der Waals surface area contributed by atoms with Crippen molar-refractivity contribution in [2.45, 2.75) is 50.1 Å². The Balaban J connectivity index is 1.43. The van der Waals surface area contributed by atoms with Gasteiger partial charge in [0.05, 0.1) is 5.75 Å². The normalized spacial score (nSPS) is 20.1. The van der Waals surface area contributed by atoms with E-state index in [2.05, 4.69) is 5.32 Å². The molecule has 2 amide bonds. The van der Waals surface area contributed by atoms with Crippen molar-refractivity contribution < 1.29 is 9.59 Å². The molecule has 29 heavy (non-hydrogen) atoms. The van der Waals surface area contributed by atoms with Crippen LogP contribution in [-0.2, 0) is 11.3 Å². The lowest BCUT2D eigenvalue weighted by Gasteiger charge is -2.25. The number of carbonyl (C=O) groups is 2. The second-order valence-corrected chi connectivity index (χ2v) is 9.25. The maximum atomic E-state index is 12.5. The molecule has 1 saturated carbocycles. The number of hydrogen-bond acceptors (Lipinski definition) is 3. The van der Waals surface area contributed by atoms with Crippen LogP contribution < -0.4 is 5.32 Å². The fraction of sp³-hybridized carbons (Fsp3) is 0.391. The van der Waals surface area contributed by atoms with Crippen molar-refractivity contribution >= 4 is 35.2 Å². The second-order valence-electron chi connectivity index (χ2n) is 7.74. The predicted molar refractivity (Wildman–Crippen MR) is 118 cm³/mol. The number of carbonyl (C=O) groups excluding carboxylic acids is 2. The number of benzene rings is 2. The van der Waals surface area contributed by atoms with E-state index in [1.807, 2.05) is 53.4 Å². The van der Waals surface area contributed by atoms with Crippen LogP contribution in [0.2, 0.25) is 5.02 Å². The maximum Gasteiger partial charge on any atom is 0.251 e. The highest BCUT2D eigenvalue weighted by atomic mass is 35.5. The van der Waals surface area contributed by atoms with Crippen LogP contribution in [0, 0.1) is 0 Å². The van der Waals surface area contributed by atoms with Crippen LogP contribution in [0.3, 0.4) is 0 Å². The minimum atomic E-state index is -0.0337. The first-order valence-electron chi connectivity index (χ1n) is 10.2. The lowest BCUT2D eigenvalue weighted by atomic mass is 9.95. The molecule has 1 atom stereocenters. The van der Waals surface area contributed by atoms with Gasteiger partial charge in [-0.25, -0.2) is 0 Å². The van der Waals surface area contributed by atoms with E-state index in [1.165, 1.54) is 19.3 Å². The predicted octanol–water partition coefficient (Wildman–Crippen LogP) is 5.18. The molecule has 2 aromatic carbocycles. The Morgan fingerprint density at radius 3 is 2.41 bits per heavy atom. The topological polar surface area (TPSA) is 49.4 Å². The number of halogens is 1. The van der Waals surface area contributed by atoms with Crippen molar-refractivity contribution in [3.63, 3.8) is 0 Å². The molecular weight excluding hydrogens is 404 g/mol. The van der Waals surface area contributed by atoms with Crippen LogP contribution >= 0.6 is 23.4 Å². The Labute approximate surface area is 181 Å². The lowest BCUT2D eigenvalue weighted by molar-refractivity contribution is -0.128. The lowest BCUT2D eigenvalue weighted by Crippen LogP contribution is -2.36. The average Bonchev–Trinajstić information content (AvgIpc) is 3.11. The molecule has 1 saturated heterocycles. The molecule has 1 aliphatic heterocycles. The molecule has 4 nitrogen and oxygen atoms in total. The molecule has 152 valence electrons. The van der Waals surface area contributed by atoms with Crippen molar-refractivity contribution in [3.8, 4) is 0 Å². The number of thioether (sulfide) groups is 1. The zero-order chi connectivity index (χ0) is 20.2. The van der Waals surface area contributed by atoms with E-state index in [0.29, 0.717) is 28.9 Å². The maximum absolute atomic E-state index is 12.5. The van der Waals surface area contributed by atoms with Crippen LogP contribution in [0.1, 0.15) is 59.0 Å². The molecule has 2 aliphatic rings. The number of amides is 2. The van der Waals surface area contributed by atoms with Crippen LogP contribution in [0.25, 0.3) is 0 Å². The molecule has 2 fully saturated rings. The molecule has 1 aliphatic carbocycles. The minimum absolute atomic E-state index is 0.00313. The van der Waals surface area contributed by atoms with E-state index < -0.39 is 0 Å². The van der Waals surface area contributed by atoms with Gasteiger partial charge >= 0.3 is 0 Å². The van der Waals surface area contributed by atoms with Gasteiger partial charge in [-0.3, -0.25) is 9.59 Å². The summed E-state index contributed by atoms with van der Waals surface area (Å²) >= 11 is 7.59. The average molecular weight is 429 g/mol. The molecule has 0 aromatic heterocycles. The first-order chi connectivity index (χ1) is 14.1. The molecule has 1 heterocycles. The molecule has 0 radical (unpaired) electrons. The molecule has 2 aromatic rings. The van der Waals surface area contributed by atoms with Gasteiger partial charge in [0.25, 0.3) is 5.91 Å². The summed E-state index contributed by atoms with van der Waals surface area (Å²) in [7, 11) is 0. The number of nitrogens with zero attached hydrogens (tertiary/aromatic N) is 1. The van der Waals surface area contributed by atoms with Gasteiger partial charge < -0.3 is 10.2 Å². The van der Waals surface area contributed by atoms with Crippen molar-refractivity contribution in [2.24, 2.45) is 0 Å². The molecule has 4 rings (SSSR count). The zero-order valence-corrected chi connectivity index (χ0v) is 17.8. The largest absolute Gasteiger partial charge is 0.349 e. The number of rotatable bonds is 5. The van der Waals surface area contributed by atoms with Crippen LogP contribution in [-0.4, -0.2) is 28.5 Å². The first kappa shape index (κ1) is 20.3. The molecular formula is C23H25ClN2O2S. The van der Waals surface area contributed by atoms with Gasteiger partial charge in [-0.15, -0.1) is 11.8 Å². The summed E-state index contributed by atoms with van der Waals surface area (Å²) in [5.74, 6) is 0.605. The van der Waals surface area contributed by atoms with Crippen molar-refractivity contribution in [1.29, 1.82) is 0 Å². The summed E-state index contributed by atoms with van der Waals surface area (Å²) in [5, 5.41) is 3.81. The smallest absolute Gasteiger partial charge is 0.251 e. The number of hydrogen-bond donors (Lipinski definition) is 1. The van der Waals surface area contributed by atoms with Crippen molar-refractivity contribution in [1.82, 2.24) is 10.2 Å². The highest BCUT2D eigenvalue weighted by Crippen LogP contribution is 2.39. The third kappa shape index (κ3) is 4.96. The summed E-state index contributed by atoms with van der Waals surface area (Å²) in [5.41, 5.74) is 2.78. The molecule has 1 N–H and O–H groups in total. The van der Waals surface area contributed by atoms with Crippen LogP contribution in [0.15, 0.2) is 48.5 Å². The summed E-state index contributed by atoms with van der Waals surface area (Å²) in [6.45, 7) is 0.553. The summed E-state index contributed by atoms with van der Waals surface area (Å²) < 4.78 is 0. The Bertz CT molecular complexity index is 863. The fourth-order valence-electron chi connectivity index (χ4n) is 4.00. The monoisotopic (exact) mass is 428 g/mol. The zero-order valence-electron chi connectivity index (χ0n) is 16.3. The van der Waals surface area contributed by atoms with Crippen molar-refractivity contribution in [3.05, 3.63) is 70.2 Å². The second kappa shape index (κ2) is 9.23. The van der Waals surface area contributed by atoms with E-state index in [1.54, 1.807) is 11.8 Å². The van der Waals surface area contributed by atoms with Gasteiger partial charge in [-0.2, -0.15) is 0 Å².